The third-order valence-corrected chi connectivity index (χ3v) is 6.13. The van der Waals surface area contributed by atoms with Gasteiger partial charge in [-0.1, -0.05) is 60.7 Å². The van der Waals surface area contributed by atoms with Crippen LogP contribution in [-0.4, -0.2) is 63.2 Å². The summed E-state index contributed by atoms with van der Waals surface area (Å²) in [5.74, 6) is 0.661. The summed E-state index contributed by atoms with van der Waals surface area (Å²) in [6, 6.07) is 21.0. The second-order valence-electron chi connectivity index (χ2n) is 8.55. The summed E-state index contributed by atoms with van der Waals surface area (Å²) in [6.07, 6.45) is 3.25. The summed E-state index contributed by atoms with van der Waals surface area (Å²) in [6.45, 7) is 5.64. The van der Waals surface area contributed by atoms with E-state index in [4.69, 9.17) is 4.74 Å². The largest absolute Gasteiger partial charge is 0.414 e. The Kier molecular flexibility index (Phi) is 9.95. The van der Waals surface area contributed by atoms with Gasteiger partial charge in [0.2, 0.25) is 0 Å². The van der Waals surface area contributed by atoms with Crippen molar-refractivity contribution in [1.29, 1.82) is 0 Å². The van der Waals surface area contributed by atoms with Crippen LogP contribution in [-0.2, 0) is 10.2 Å². The van der Waals surface area contributed by atoms with Crippen LogP contribution in [0.15, 0.2) is 72.5 Å². The van der Waals surface area contributed by atoms with Gasteiger partial charge in [-0.05, 0) is 71.6 Å². The number of hydrogen-bond acceptors (Lipinski definition) is 4. The van der Waals surface area contributed by atoms with Crippen LogP contribution in [0.1, 0.15) is 37.8 Å². The molecule has 1 atom stereocenters. The molecular weight excluding hydrogens is 398 g/mol. The minimum atomic E-state index is -0.595. The van der Waals surface area contributed by atoms with Gasteiger partial charge < -0.3 is 19.9 Å². The van der Waals surface area contributed by atoms with E-state index >= 15 is 0 Å². The van der Waals surface area contributed by atoms with E-state index in [1.54, 1.807) is 11.9 Å². The minimum Gasteiger partial charge on any atom is -0.414 e. The van der Waals surface area contributed by atoms with Crippen molar-refractivity contribution in [3.63, 3.8) is 0 Å². The van der Waals surface area contributed by atoms with Crippen LogP contribution in [0.4, 0.5) is 4.79 Å². The molecule has 0 spiro atoms. The maximum Gasteiger partial charge on any atom is 0.414 e. The molecule has 2 aromatic carbocycles. The Balaban J connectivity index is 2.56. The molecule has 174 valence electrons. The molecule has 0 aliphatic rings. The summed E-state index contributed by atoms with van der Waals surface area (Å²) in [5, 5.41) is 3.12. The van der Waals surface area contributed by atoms with Crippen LogP contribution in [0.2, 0.25) is 0 Å². The predicted molar refractivity (Wildman–Crippen MR) is 133 cm³/mol. The molecule has 0 bridgehead atoms. The van der Waals surface area contributed by atoms with Crippen molar-refractivity contribution >= 4 is 6.09 Å². The highest BCUT2D eigenvalue weighted by molar-refractivity contribution is 5.69. The average molecular weight is 438 g/mol. The van der Waals surface area contributed by atoms with Crippen LogP contribution in [0.5, 0.6) is 0 Å². The number of nitrogens with zero attached hydrogens (tertiary/aromatic N) is 2. The van der Waals surface area contributed by atoms with Gasteiger partial charge in [0.05, 0.1) is 5.41 Å². The number of carbonyl (C=O) groups excluding carboxylic acids is 1. The lowest BCUT2D eigenvalue weighted by Gasteiger charge is -2.40. The first kappa shape index (κ1) is 25.6. The molecule has 0 aliphatic carbocycles. The van der Waals surface area contributed by atoms with E-state index in [9.17, 15) is 4.79 Å². The third kappa shape index (κ3) is 6.21. The van der Waals surface area contributed by atoms with Crippen LogP contribution in [0.3, 0.4) is 0 Å². The number of ether oxygens (including phenoxy) is 1. The molecule has 0 saturated heterocycles. The summed E-state index contributed by atoms with van der Waals surface area (Å²) >= 11 is 0. The lowest BCUT2D eigenvalue weighted by molar-refractivity contribution is 0.121. The van der Waals surface area contributed by atoms with Crippen LogP contribution in [0, 0.1) is 0 Å². The Labute approximate surface area is 194 Å². The maximum absolute atomic E-state index is 13.1. The first-order valence-electron chi connectivity index (χ1n) is 11.4. The number of hydrogen-bond donors (Lipinski definition) is 1. The van der Waals surface area contributed by atoms with Crippen molar-refractivity contribution in [2.24, 2.45) is 0 Å². The van der Waals surface area contributed by atoms with Gasteiger partial charge in [-0.2, -0.15) is 0 Å². The smallest absolute Gasteiger partial charge is 0.414 e. The van der Waals surface area contributed by atoms with E-state index in [0.29, 0.717) is 12.3 Å². The zero-order chi connectivity index (χ0) is 23.6. The lowest BCUT2D eigenvalue weighted by atomic mass is 9.68. The molecule has 32 heavy (non-hydrogen) atoms. The lowest BCUT2D eigenvalue weighted by Crippen LogP contribution is -2.41. The summed E-state index contributed by atoms with van der Waals surface area (Å²) in [4.78, 5) is 16.9. The van der Waals surface area contributed by atoms with Crippen molar-refractivity contribution in [1.82, 2.24) is 15.1 Å². The van der Waals surface area contributed by atoms with Gasteiger partial charge in [0.25, 0.3) is 0 Å². The van der Waals surface area contributed by atoms with E-state index < -0.39 is 5.41 Å². The zero-order valence-electron chi connectivity index (χ0n) is 20.5. The molecule has 0 heterocycles. The second-order valence-corrected chi connectivity index (χ2v) is 8.55. The number of benzene rings is 2. The molecule has 1 amide bonds. The third-order valence-electron chi connectivity index (χ3n) is 6.13. The first-order valence-corrected chi connectivity index (χ1v) is 11.4. The molecule has 0 aliphatic heterocycles. The van der Waals surface area contributed by atoms with Gasteiger partial charge in [-0.3, -0.25) is 0 Å². The molecule has 2 aromatic rings. The van der Waals surface area contributed by atoms with E-state index in [-0.39, 0.29) is 12.1 Å². The number of rotatable bonds is 11. The average Bonchev–Trinajstić information content (AvgIpc) is 2.82. The summed E-state index contributed by atoms with van der Waals surface area (Å²) < 4.78 is 6.16. The Morgan fingerprint density at radius 1 is 1.03 bits per heavy atom. The van der Waals surface area contributed by atoms with E-state index in [2.05, 4.69) is 55.5 Å². The normalized spacial score (nSPS) is 13.2. The van der Waals surface area contributed by atoms with Crippen molar-refractivity contribution in [3.8, 4) is 0 Å². The summed E-state index contributed by atoms with van der Waals surface area (Å²) in [5.41, 5.74) is 1.62. The molecule has 0 aromatic heterocycles. The Bertz CT molecular complexity index is 810. The molecule has 5 nitrogen and oxygen atoms in total. The number of carbonyl (C=O) groups is 1. The van der Waals surface area contributed by atoms with Gasteiger partial charge in [0.1, 0.15) is 5.76 Å². The Morgan fingerprint density at radius 2 is 1.56 bits per heavy atom. The van der Waals surface area contributed by atoms with Crippen LogP contribution >= 0.6 is 0 Å². The minimum absolute atomic E-state index is 0.248. The predicted octanol–water partition coefficient (Wildman–Crippen LogP) is 4.89. The highest BCUT2D eigenvalue weighted by Crippen LogP contribution is 2.44. The molecule has 1 unspecified atom stereocenters. The van der Waals surface area contributed by atoms with Crippen LogP contribution < -0.4 is 5.32 Å². The van der Waals surface area contributed by atoms with E-state index in [1.165, 1.54) is 0 Å². The van der Waals surface area contributed by atoms with Crippen molar-refractivity contribution in [3.05, 3.63) is 83.6 Å². The number of allylic oxidation sites excluding steroid dienone is 2. The highest BCUT2D eigenvalue weighted by atomic mass is 16.6. The zero-order valence-corrected chi connectivity index (χ0v) is 20.5. The SMILES string of the molecule is C/C=C(\OC(=O)N(C)CCCNC)C(CC(C)N(C)C)(c1ccccc1)c1ccccc1. The molecule has 0 radical (unpaired) electrons. The molecular formula is C27H39N3O2. The van der Waals surface area contributed by atoms with Gasteiger partial charge in [-0.15, -0.1) is 0 Å². The Hall–Kier alpha value is -2.63. The molecule has 1 N–H and O–H groups in total. The van der Waals surface area contributed by atoms with Gasteiger partial charge in [0, 0.05) is 19.6 Å². The Morgan fingerprint density at radius 3 is 2.00 bits per heavy atom. The fourth-order valence-corrected chi connectivity index (χ4v) is 4.01. The van der Waals surface area contributed by atoms with Crippen LogP contribution in [0.25, 0.3) is 0 Å². The highest BCUT2D eigenvalue weighted by Gasteiger charge is 2.42. The molecule has 0 saturated carbocycles. The van der Waals surface area contributed by atoms with E-state index in [0.717, 1.165) is 30.5 Å². The van der Waals surface area contributed by atoms with Crippen molar-refractivity contribution < 1.29 is 9.53 Å². The van der Waals surface area contributed by atoms with Crippen molar-refractivity contribution in [2.45, 2.75) is 38.1 Å². The molecule has 0 fully saturated rings. The van der Waals surface area contributed by atoms with Gasteiger partial charge >= 0.3 is 6.09 Å². The molecule has 2 rings (SSSR count). The standard InChI is InChI=1S/C27H39N3O2/c1-7-25(32-26(31)30(6)20-14-19-28-3)27(21-22(2)29(4)5,23-15-10-8-11-16-23)24-17-12-9-13-18-24/h7-13,15-18,22,28H,14,19-21H2,1-6H3/b25-7-. The summed E-state index contributed by atoms with van der Waals surface area (Å²) in [7, 11) is 7.88. The fraction of sp³-hybridized carbons (Fsp3) is 0.444. The van der Waals surface area contributed by atoms with Gasteiger partial charge in [0.15, 0.2) is 0 Å². The quantitative estimate of drug-likeness (QED) is 0.401. The van der Waals surface area contributed by atoms with Gasteiger partial charge in [-0.25, -0.2) is 4.79 Å². The first-order chi connectivity index (χ1) is 15.4. The maximum atomic E-state index is 13.1. The van der Waals surface area contributed by atoms with E-state index in [1.807, 2.05) is 56.4 Å². The molecule has 5 heteroatoms. The monoisotopic (exact) mass is 437 g/mol. The topological polar surface area (TPSA) is 44.8 Å². The second kappa shape index (κ2) is 12.4. The van der Waals surface area contributed by atoms with Crippen molar-refractivity contribution in [2.75, 3.05) is 41.3 Å². The number of nitrogens with one attached hydrogen (secondary N) is 1. The number of amides is 1. The fourth-order valence-electron chi connectivity index (χ4n) is 4.01.